The zero-order valence-electron chi connectivity index (χ0n) is 11.5. The third-order valence-electron chi connectivity index (χ3n) is 3.13. The molecule has 0 amide bonds. The molecule has 3 nitrogen and oxygen atoms in total. The molecule has 0 saturated carbocycles. The summed E-state index contributed by atoms with van der Waals surface area (Å²) in [5.74, 6) is -2.51. The van der Waals surface area contributed by atoms with Crippen molar-refractivity contribution in [1.29, 1.82) is 0 Å². The van der Waals surface area contributed by atoms with Crippen molar-refractivity contribution in [3.63, 3.8) is 0 Å². The topological polar surface area (TPSA) is 38.3 Å². The van der Waals surface area contributed by atoms with Gasteiger partial charge in [-0.15, -0.1) is 0 Å². The van der Waals surface area contributed by atoms with Crippen LogP contribution < -0.4 is 5.32 Å². The number of nitrogens with one attached hydrogen (secondary N) is 1. The lowest BCUT2D eigenvalue weighted by atomic mass is 9.99. The third-order valence-corrected chi connectivity index (χ3v) is 3.13. The van der Waals surface area contributed by atoms with Crippen LogP contribution >= 0.6 is 0 Å². The number of hydrogen-bond donors (Lipinski definition) is 1. The first-order valence-corrected chi connectivity index (χ1v) is 6.44. The van der Waals surface area contributed by atoms with Crippen molar-refractivity contribution < 1.29 is 18.3 Å². The molecule has 1 atom stereocenters. The summed E-state index contributed by atoms with van der Waals surface area (Å²) in [5.41, 5.74) is 0.468. The number of hydrogen-bond acceptors (Lipinski definition) is 3. The van der Waals surface area contributed by atoms with Gasteiger partial charge in [-0.25, -0.2) is 8.78 Å². The van der Waals surface area contributed by atoms with Gasteiger partial charge in [0, 0.05) is 6.54 Å². The fourth-order valence-electron chi connectivity index (χ4n) is 2.04. The second kappa shape index (κ2) is 6.83. The van der Waals surface area contributed by atoms with Crippen LogP contribution in [0.25, 0.3) is 0 Å². The van der Waals surface area contributed by atoms with Gasteiger partial charge in [-0.2, -0.15) is 0 Å². The monoisotopic (exact) mass is 291 g/mol. The first-order valence-electron chi connectivity index (χ1n) is 6.44. The van der Waals surface area contributed by atoms with Crippen LogP contribution in [0.5, 0.6) is 0 Å². The van der Waals surface area contributed by atoms with E-state index in [0.717, 1.165) is 12.1 Å². The van der Waals surface area contributed by atoms with Gasteiger partial charge in [0.25, 0.3) is 0 Å². The van der Waals surface area contributed by atoms with E-state index in [1.165, 1.54) is 13.2 Å². The van der Waals surface area contributed by atoms with Gasteiger partial charge in [0.05, 0.1) is 13.0 Å². The Morgan fingerprint density at radius 2 is 1.71 bits per heavy atom. The highest BCUT2D eigenvalue weighted by molar-refractivity contribution is 5.78. The Bertz CT molecular complexity index is 597. The van der Waals surface area contributed by atoms with E-state index < -0.39 is 23.5 Å². The van der Waals surface area contributed by atoms with Crippen molar-refractivity contribution in [2.75, 3.05) is 19.0 Å². The van der Waals surface area contributed by atoms with Gasteiger partial charge in [-0.3, -0.25) is 4.79 Å². The minimum atomic E-state index is -0.702. The SMILES string of the molecule is COC(=O)C(CNc1c(F)cccc1F)c1ccccc1. The van der Waals surface area contributed by atoms with Crippen LogP contribution in [0.2, 0.25) is 0 Å². The fourth-order valence-corrected chi connectivity index (χ4v) is 2.04. The van der Waals surface area contributed by atoms with Crippen molar-refractivity contribution in [1.82, 2.24) is 0 Å². The first-order chi connectivity index (χ1) is 10.1. The Morgan fingerprint density at radius 3 is 2.29 bits per heavy atom. The van der Waals surface area contributed by atoms with Gasteiger partial charge in [0.1, 0.15) is 17.3 Å². The number of esters is 1. The molecule has 0 heterocycles. The number of rotatable bonds is 5. The van der Waals surface area contributed by atoms with E-state index in [1.54, 1.807) is 24.3 Å². The van der Waals surface area contributed by atoms with Gasteiger partial charge >= 0.3 is 5.97 Å². The molecule has 110 valence electrons. The number of benzene rings is 2. The summed E-state index contributed by atoms with van der Waals surface area (Å²) in [7, 11) is 1.28. The Balaban J connectivity index is 2.19. The van der Waals surface area contributed by atoms with E-state index >= 15 is 0 Å². The molecule has 2 aromatic carbocycles. The van der Waals surface area contributed by atoms with Gasteiger partial charge < -0.3 is 10.1 Å². The summed E-state index contributed by atoms with van der Waals surface area (Å²) in [6.07, 6.45) is 0. The largest absolute Gasteiger partial charge is 0.468 e. The zero-order chi connectivity index (χ0) is 15.2. The first kappa shape index (κ1) is 15.0. The molecule has 1 N–H and O–H groups in total. The molecule has 0 radical (unpaired) electrons. The van der Waals surface area contributed by atoms with E-state index in [4.69, 9.17) is 4.74 Å². The summed E-state index contributed by atoms with van der Waals surface area (Å²) in [5, 5.41) is 2.64. The maximum absolute atomic E-state index is 13.6. The number of ether oxygens (including phenoxy) is 1. The summed E-state index contributed by atoms with van der Waals surface area (Å²) < 4.78 is 31.9. The number of carbonyl (C=O) groups is 1. The fraction of sp³-hybridized carbons (Fsp3) is 0.188. The molecule has 5 heteroatoms. The Hall–Kier alpha value is -2.43. The summed E-state index contributed by atoms with van der Waals surface area (Å²) >= 11 is 0. The highest BCUT2D eigenvalue weighted by atomic mass is 19.1. The summed E-state index contributed by atoms with van der Waals surface area (Å²) in [6, 6.07) is 12.5. The Kier molecular flexibility index (Phi) is 4.87. The smallest absolute Gasteiger partial charge is 0.314 e. The predicted octanol–water partition coefficient (Wildman–Crippen LogP) is 3.33. The van der Waals surface area contributed by atoms with Crippen LogP contribution in [0.4, 0.5) is 14.5 Å². The molecule has 0 aliphatic heterocycles. The van der Waals surface area contributed by atoms with Crippen LogP contribution in [0.1, 0.15) is 11.5 Å². The molecule has 2 aromatic rings. The molecule has 2 rings (SSSR count). The molecular weight excluding hydrogens is 276 g/mol. The maximum atomic E-state index is 13.6. The Morgan fingerprint density at radius 1 is 1.10 bits per heavy atom. The lowest BCUT2D eigenvalue weighted by molar-refractivity contribution is -0.142. The van der Waals surface area contributed by atoms with Crippen molar-refractivity contribution in [2.45, 2.75) is 5.92 Å². The molecule has 0 bridgehead atoms. The standard InChI is InChI=1S/C16H15F2NO2/c1-21-16(20)12(11-6-3-2-4-7-11)10-19-15-13(17)8-5-9-14(15)18/h2-9,12,19H,10H2,1H3. The van der Waals surface area contributed by atoms with Gasteiger partial charge in [0.15, 0.2) is 0 Å². The molecular formula is C16H15F2NO2. The molecule has 0 fully saturated rings. The number of para-hydroxylation sites is 1. The second-order valence-corrected chi connectivity index (χ2v) is 4.46. The van der Waals surface area contributed by atoms with E-state index in [1.807, 2.05) is 6.07 Å². The maximum Gasteiger partial charge on any atom is 0.314 e. The quantitative estimate of drug-likeness (QED) is 0.859. The highest BCUT2D eigenvalue weighted by Gasteiger charge is 2.22. The lowest BCUT2D eigenvalue weighted by Gasteiger charge is -2.17. The normalized spacial score (nSPS) is 11.8. The van der Waals surface area contributed by atoms with E-state index in [0.29, 0.717) is 5.56 Å². The predicted molar refractivity (Wildman–Crippen MR) is 76.0 cm³/mol. The van der Waals surface area contributed by atoms with E-state index in [-0.39, 0.29) is 12.2 Å². The van der Waals surface area contributed by atoms with Crippen molar-refractivity contribution in [2.24, 2.45) is 0 Å². The van der Waals surface area contributed by atoms with Crippen LogP contribution in [0.3, 0.4) is 0 Å². The average molecular weight is 291 g/mol. The van der Waals surface area contributed by atoms with Crippen LogP contribution in [-0.2, 0) is 9.53 Å². The molecule has 0 aliphatic rings. The average Bonchev–Trinajstić information content (AvgIpc) is 2.50. The molecule has 0 spiro atoms. The molecule has 0 aliphatic carbocycles. The molecule has 1 unspecified atom stereocenters. The third kappa shape index (κ3) is 3.56. The summed E-state index contributed by atoms with van der Waals surface area (Å²) in [6.45, 7) is 0.0362. The highest BCUT2D eigenvalue weighted by Crippen LogP contribution is 2.22. The second-order valence-electron chi connectivity index (χ2n) is 4.46. The van der Waals surface area contributed by atoms with Crippen molar-refractivity contribution in [3.05, 3.63) is 65.7 Å². The van der Waals surface area contributed by atoms with Crippen LogP contribution in [0, 0.1) is 11.6 Å². The van der Waals surface area contributed by atoms with E-state index in [9.17, 15) is 13.6 Å². The van der Waals surface area contributed by atoms with E-state index in [2.05, 4.69) is 5.32 Å². The molecule has 0 aromatic heterocycles. The lowest BCUT2D eigenvalue weighted by Crippen LogP contribution is -2.23. The molecule has 21 heavy (non-hydrogen) atoms. The zero-order valence-corrected chi connectivity index (χ0v) is 11.5. The van der Waals surface area contributed by atoms with Gasteiger partial charge in [-0.1, -0.05) is 36.4 Å². The van der Waals surface area contributed by atoms with Crippen LogP contribution in [-0.4, -0.2) is 19.6 Å². The minimum absolute atomic E-state index is 0.0362. The molecule has 0 saturated heterocycles. The minimum Gasteiger partial charge on any atom is -0.468 e. The summed E-state index contributed by atoms with van der Waals surface area (Å²) in [4.78, 5) is 11.9. The number of anilines is 1. The van der Waals surface area contributed by atoms with Crippen molar-refractivity contribution >= 4 is 11.7 Å². The number of halogens is 2. The number of carbonyl (C=O) groups excluding carboxylic acids is 1. The van der Waals surface area contributed by atoms with Crippen molar-refractivity contribution in [3.8, 4) is 0 Å². The number of methoxy groups -OCH3 is 1. The Labute approximate surface area is 121 Å². The van der Waals surface area contributed by atoms with Gasteiger partial charge in [0.2, 0.25) is 0 Å². The van der Waals surface area contributed by atoms with Crippen LogP contribution in [0.15, 0.2) is 48.5 Å². The van der Waals surface area contributed by atoms with Gasteiger partial charge in [-0.05, 0) is 17.7 Å².